The van der Waals surface area contributed by atoms with Crippen LogP contribution in [-0.2, 0) is 9.53 Å². The average Bonchev–Trinajstić information content (AvgIpc) is 2.60. The number of primary amides is 1. The Balaban J connectivity index is 2.41. The van der Waals surface area contributed by atoms with Crippen LogP contribution in [0.15, 0.2) is 12.1 Å². The van der Waals surface area contributed by atoms with Crippen molar-refractivity contribution in [3.8, 4) is 0 Å². The SMILES string of the molecule is NC(=O)NC(=O)COC(=O)c1ccc(Cl)s1. The summed E-state index contributed by atoms with van der Waals surface area (Å²) in [6.07, 6.45) is 0. The topological polar surface area (TPSA) is 98.5 Å². The van der Waals surface area contributed by atoms with E-state index in [1.165, 1.54) is 12.1 Å². The second-order valence-corrected chi connectivity index (χ2v) is 4.31. The van der Waals surface area contributed by atoms with Crippen molar-refractivity contribution in [3.05, 3.63) is 21.3 Å². The minimum Gasteiger partial charge on any atom is -0.451 e. The smallest absolute Gasteiger partial charge is 0.348 e. The maximum absolute atomic E-state index is 11.3. The summed E-state index contributed by atoms with van der Waals surface area (Å²) >= 11 is 6.64. The fraction of sp³-hybridized carbons (Fsp3) is 0.125. The van der Waals surface area contributed by atoms with Gasteiger partial charge in [-0.1, -0.05) is 11.6 Å². The summed E-state index contributed by atoms with van der Waals surface area (Å²) in [6, 6.07) is 2.01. The second kappa shape index (κ2) is 5.47. The van der Waals surface area contributed by atoms with Crippen molar-refractivity contribution in [2.24, 2.45) is 5.73 Å². The molecule has 0 aliphatic carbocycles. The molecule has 8 heteroatoms. The molecule has 16 heavy (non-hydrogen) atoms. The van der Waals surface area contributed by atoms with E-state index in [-0.39, 0.29) is 4.88 Å². The van der Waals surface area contributed by atoms with E-state index in [9.17, 15) is 14.4 Å². The lowest BCUT2D eigenvalue weighted by atomic mass is 10.5. The van der Waals surface area contributed by atoms with Gasteiger partial charge in [-0.25, -0.2) is 9.59 Å². The maximum atomic E-state index is 11.3. The van der Waals surface area contributed by atoms with E-state index in [2.05, 4.69) is 10.5 Å². The summed E-state index contributed by atoms with van der Waals surface area (Å²) in [4.78, 5) is 32.7. The fourth-order valence-electron chi connectivity index (χ4n) is 0.800. The Morgan fingerprint density at radius 2 is 2.12 bits per heavy atom. The van der Waals surface area contributed by atoms with Crippen LogP contribution in [0, 0.1) is 0 Å². The van der Waals surface area contributed by atoms with Gasteiger partial charge in [0.2, 0.25) is 0 Å². The van der Waals surface area contributed by atoms with Crippen LogP contribution in [0.5, 0.6) is 0 Å². The molecule has 0 aliphatic heterocycles. The van der Waals surface area contributed by atoms with E-state index in [0.717, 1.165) is 11.3 Å². The summed E-state index contributed by atoms with van der Waals surface area (Å²) in [5.74, 6) is -1.47. The first-order chi connectivity index (χ1) is 7.49. The molecule has 86 valence electrons. The molecule has 0 aliphatic rings. The number of thiophene rings is 1. The molecule has 0 fully saturated rings. The van der Waals surface area contributed by atoms with E-state index >= 15 is 0 Å². The molecule has 0 bridgehead atoms. The largest absolute Gasteiger partial charge is 0.451 e. The van der Waals surface area contributed by atoms with Crippen molar-refractivity contribution < 1.29 is 19.1 Å². The van der Waals surface area contributed by atoms with Gasteiger partial charge in [-0.05, 0) is 12.1 Å². The highest BCUT2D eigenvalue weighted by atomic mass is 35.5. The number of amides is 3. The Hall–Kier alpha value is -1.60. The highest BCUT2D eigenvalue weighted by molar-refractivity contribution is 7.17. The van der Waals surface area contributed by atoms with Crippen LogP contribution in [0.25, 0.3) is 0 Å². The maximum Gasteiger partial charge on any atom is 0.348 e. The van der Waals surface area contributed by atoms with Crippen molar-refractivity contribution >= 4 is 40.8 Å². The van der Waals surface area contributed by atoms with Gasteiger partial charge in [-0.2, -0.15) is 0 Å². The quantitative estimate of drug-likeness (QED) is 0.786. The number of urea groups is 1. The highest BCUT2D eigenvalue weighted by Crippen LogP contribution is 2.21. The Bertz CT molecular complexity index is 431. The van der Waals surface area contributed by atoms with Crippen LogP contribution in [0.2, 0.25) is 4.34 Å². The van der Waals surface area contributed by atoms with Crippen molar-refractivity contribution in [3.63, 3.8) is 0 Å². The molecule has 1 heterocycles. The van der Waals surface area contributed by atoms with Crippen LogP contribution < -0.4 is 11.1 Å². The van der Waals surface area contributed by atoms with Gasteiger partial charge < -0.3 is 10.5 Å². The first kappa shape index (κ1) is 12.5. The van der Waals surface area contributed by atoms with E-state index in [4.69, 9.17) is 11.6 Å². The number of imide groups is 1. The summed E-state index contributed by atoms with van der Waals surface area (Å²) in [5, 5.41) is 1.75. The zero-order chi connectivity index (χ0) is 12.1. The van der Waals surface area contributed by atoms with Gasteiger partial charge >= 0.3 is 12.0 Å². The molecule has 0 unspecified atom stereocenters. The van der Waals surface area contributed by atoms with Crippen molar-refractivity contribution in [1.82, 2.24) is 5.32 Å². The summed E-state index contributed by atoms with van der Waals surface area (Å²) in [6.45, 7) is -0.572. The molecule has 0 saturated heterocycles. The molecule has 6 nitrogen and oxygen atoms in total. The third kappa shape index (κ3) is 3.87. The van der Waals surface area contributed by atoms with E-state index < -0.39 is 24.5 Å². The molecule has 0 saturated carbocycles. The van der Waals surface area contributed by atoms with Crippen LogP contribution in [0.4, 0.5) is 4.79 Å². The predicted octanol–water partition coefficient (Wildman–Crippen LogP) is 0.753. The van der Waals surface area contributed by atoms with Gasteiger partial charge in [-0.3, -0.25) is 10.1 Å². The molecule has 1 rings (SSSR count). The summed E-state index contributed by atoms with van der Waals surface area (Å²) in [7, 11) is 0. The first-order valence-electron chi connectivity index (χ1n) is 4.01. The van der Waals surface area contributed by atoms with E-state index in [0.29, 0.717) is 4.34 Å². The number of esters is 1. The average molecular weight is 263 g/mol. The van der Waals surface area contributed by atoms with Crippen molar-refractivity contribution in [2.75, 3.05) is 6.61 Å². The Labute approximate surface area is 99.3 Å². The number of ether oxygens (including phenoxy) is 1. The number of hydrogen-bond donors (Lipinski definition) is 2. The molecule has 0 aromatic carbocycles. The van der Waals surface area contributed by atoms with Crippen LogP contribution in [0.3, 0.4) is 0 Å². The molecule has 0 radical (unpaired) electrons. The fourth-order valence-corrected chi connectivity index (χ4v) is 1.74. The molecule has 0 atom stereocenters. The van der Waals surface area contributed by atoms with Gasteiger partial charge in [0, 0.05) is 0 Å². The van der Waals surface area contributed by atoms with E-state index in [1.807, 2.05) is 0 Å². The minimum absolute atomic E-state index is 0.275. The zero-order valence-electron chi connectivity index (χ0n) is 7.86. The first-order valence-corrected chi connectivity index (χ1v) is 5.20. The zero-order valence-corrected chi connectivity index (χ0v) is 9.43. The number of nitrogens with one attached hydrogen (secondary N) is 1. The lowest BCUT2D eigenvalue weighted by molar-refractivity contribution is -0.123. The number of carbonyl (C=O) groups excluding carboxylic acids is 3. The monoisotopic (exact) mass is 262 g/mol. The van der Waals surface area contributed by atoms with Crippen LogP contribution in [0.1, 0.15) is 9.67 Å². The third-order valence-electron chi connectivity index (χ3n) is 1.37. The second-order valence-electron chi connectivity index (χ2n) is 2.59. The summed E-state index contributed by atoms with van der Waals surface area (Å²) < 4.78 is 5.04. The molecule has 1 aromatic heterocycles. The number of nitrogens with two attached hydrogens (primary N) is 1. The lowest BCUT2D eigenvalue weighted by Crippen LogP contribution is -2.37. The van der Waals surface area contributed by atoms with Crippen molar-refractivity contribution in [2.45, 2.75) is 0 Å². The Morgan fingerprint density at radius 1 is 1.44 bits per heavy atom. The molecule has 1 aromatic rings. The number of rotatable bonds is 3. The Morgan fingerprint density at radius 3 is 2.62 bits per heavy atom. The molecular formula is C8H7ClN2O4S. The lowest BCUT2D eigenvalue weighted by Gasteiger charge is -2.01. The van der Waals surface area contributed by atoms with Crippen LogP contribution >= 0.6 is 22.9 Å². The molecular weight excluding hydrogens is 256 g/mol. The van der Waals surface area contributed by atoms with Gasteiger partial charge in [-0.15, -0.1) is 11.3 Å². The molecule has 3 N–H and O–H groups in total. The van der Waals surface area contributed by atoms with Crippen molar-refractivity contribution in [1.29, 1.82) is 0 Å². The Kier molecular flexibility index (Phi) is 4.27. The van der Waals surface area contributed by atoms with Gasteiger partial charge in [0.15, 0.2) is 6.61 Å². The molecule has 3 amide bonds. The van der Waals surface area contributed by atoms with E-state index in [1.54, 1.807) is 5.32 Å². The normalized spacial score (nSPS) is 9.56. The van der Waals surface area contributed by atoms with Gasteiger partial charge in [0.1, 0.15) is 4.88 Å². The number of hydrogen-bond acceptors (Lipinski definition) is 5. The van der Waals surface area contributed by atoms with Gasteiger partial charge in [0.25, 0.3) is 5.91 Å². The predicted molar refractivity (Wildman–Crippen MR) is 57.3 cm³/mol. The summed E-state index contributed by atoms with van der Waals surface area (Å²) in [5.41, 5.74) is 4.69. The number of halogens is 1. The van der Waals surface area contributed by atoms with Gasteiger partial charge in [0.05, 0.1) is 4.34 Å². The minimum atomic E-state index is -1.000. The third-order valence-corrected chi connectivity index (χ3v) is 2.58. The number of carbonyl (C=O) groups is 3. The highest BCUT2D eigenvalue weighted by Gasteiger charge is 2.12. The van der Waals surface area contributed by atoms with Crippen LogP contribution in [-0.4, -0.2) is 24.5 Å². The molecule has 0 spiro atoms. The standard InChI is InChI=1S/C8H7ClN2O4S/c9-5-2-1-4(16-5)7(13)15-3-6(12)11-8(10)14/h1-2H,3H2,(H3,10,11,12,14).